The highest BCUT2D eigenvalue weighted by Gasteiger charge is 2.05. The SMILES string of the molecule is CC[C@H](CO)Nc1nccc(C)n1. The Kier molecular flexibility index (Phi) is 3.64. The maximum Gasteiger partial charge on any atom is 0.223 e. The van der Waals surface area contributed by atoms with E-state index in [-0.39, 0.29) is 12.6 Å². The fraction of sp³-hybridized carbons (Fsp3) is 0.556. The Balaban J connectivity index is 2.62. The Morgan fingerprint density at radius 1 is 1.62 bits per heavy atom. The van der Waals surface area contributed by atoms with E-state index in [1.54, 1.807) is 6.20 Å². The van der Waals surface area contributed by atoms with Gasteiger partial charge in [-0.3, -0.25) is 0 Å². The van der Waals surface area contributed by atoms with Crippen LogP contribution in [0, 0.1) is 6.92 Å². The molecular formula is C9H15N3O. The summed E-state index contributed by atoms with van der Waals surface area (Å²) < 4.78 is 0. The van der Waals surface area contributed by atoms with Gasteiger partial charge < -0.3 is 10.4 Å². The van der Waals surface area contributed by atoms with Crippen LogP contribution in [0.25, 0.3) is 0 Å². The highest BCUT2D eigenvalue weighted by Crippen LogP contribution is 2.02. The Bertz CT molecular complexity index is 261. The second-order valence-electron chi connectivity index (χ2n) is 2.95. The van der Waals surface area contributed by atoms with Gasteiger partial charge in [0, 0.05) is 11.9 Å². The Morgan fingerprint density at radius 3 is 2.92 bits per heavy atom. The van der Waals surface area contributed by atoms with E-state index in [1.165, 1.54) is 0 Å². The summed E-state index contributed by atoms with van der Waals surface area (Å²) >= 11 is 0. The van der Waals surface area contributed by atoms with Crippen LogP contribution < -0.4 is 5.32 Å². The van der Waals surface area contributed by atoms with Crippen molar-refractivity contribution in [3.63, 3.8) is 0 Å². The topological polar surface area (TPSA) is 58.0 Å². The number of aliphatic hydroxyl groups is 1. The molecule has 2 N–H and O–H groups in total. The van der Waals surface area contributed by atoms with E-state index < -0.39 is 0 Å². The molecule has 0 saturated heterocycles. The van der Waals surface area contributed by atoms with Crippen LogP contribution in [0.4, 0.5) is 5.95 Å². The Labute approximate surface area is 78.0 Å². The van der Waals surface area contributed by atoms with Gasteiger partial charge >= 0.3 is 0 Å². The van der Waals surface area contributed by atoms with Crippen LogP contribution in [0.2, 0.25) is 0 Å². The lowest BCUT2D eigenvalue weighted by atomic mass is 10.2. The van der Waals surface area contributed by atoms with Crippen molar-refractivity contribution < 1.29 is 5.11 Å². The van der Waals surface area contributed by atoms with Gasteiger partial charge in [0.05, 0.1) is 12.6 Å². The van der Waals surface area contributed by atoms with Crippen molar-refractivity contribution in [1.82, 2.24) is 9.97 Å². The zero-order valence-electron chi connectivity index (χ0n) is 7.99. The Hall–Kier alpha value is -1.16. The van der Waals surface area contributed by atoms with Crippen LogP contribution in [0.1, 0.15) is 19.0 Å². The van der Waals surface area contributed by atoms with Crippen LogP contribution >= 0.6 is 0 Å². The van der Waals surface area contributed by atoms with Crippen LogP contribution in [0.15, 0.2) is 12.3 Å². The number of aromatic nitrogens is 2. The average Bonchev–Trinajstić information content (AvgIpc) is 2.14. The van der Waals surface area contributed by atoms with Gasteiger partial charge in [0.15, 0.2) is 0 Å². The van der Waals surface area contributed by atoms with Gasteiger partial charge in [-0.25, -0.2) is 9.97 Å². The molecular weight excluding hydrogens is 166 g/mol. The first-order valence-corrected chi connectivity index (χ1v) is 4.43. The van der Waals surface area contributed by atoms with Crippen molar-refractivity contribution in [2.45, 2.75) is 26.3 Å². The second-order valence-corrected chi connectivity index (χ2v) is 2.95. The first-order valence-electron chi connectivity index (χ1n) is 4.43. The molecule has 0 saturated carbocycles. The summed E-state index contributed by atoms with van der Waals surface area (Å²) in [6.45, 7) is 4.02. The molecule has 4 heteroatoms. The number of aliphatic hydroxyl groups excluding tert-OH is 1. The molecule has 13 heavy (non-hydrogen) atoms. The van der Waals surface area contributed by atoms with E-state index in [4.69, 9.17) is 5.11 Å². The van der Waals surface area contributed by atoms with Crippen molar-refractivity contribution in [3.8, 4) is 0 Å². The fourth-order valence-electron chi connectivity index (χ4n) is 0.978. The molecule has 0 fully saturated rings. The molecule has 1 rings (SSSR count). The molecule has 72 valence electrons. The molecule has 0 radical (unpaired) electrons. The molecule has 1 atom stereocenters. The molecule has 0 aromatic carbocycles. The standard InChI is InChI=1S/C9H15N3O/c1-3-8(6-13)12-9-10-5-4-7(2)11-9/h4-5,8,13H,3,6H2,1-2H3,(H,10,11,12)/t8-/m1/s1. The Morgan fingerprint density at radius 2 is 2.38 bits per heavy atom. The molecule has 0 unspecified atom stereocenters. The lowest BCUT2D eigenvalue weighted by Crippen LogP contribution is -2.23. The second kappa shape index (κ2) is 4.77. The summed E-state index contributed by atoms with van der Waals surface area (Å²) in [5, 5.41) is 12.0. The minimum atomic E-state index is 0.0433. The molecule has 4 nitrogen and oxygen atoms in total. The summed E-state index contributed by atoms with van der Waals surface area (Å²) in [6, 6.07) is 1.88. The third-order valence-corrected chi connectivity index (χ3v) is 1.84. The van der Waals surface area contributed by atoms with E-state index >= 15 is 0 Å². The summed E-state index contributed by atoms with van der Waals surface area (Å²) in [7, 11) is 0. The molecule has 0 aliphatic carbocycles. The predicted octanol–water partition coefficient (Wildman–Crippen LogP) is 0.968. The number of nitrogens with one attached hydrogen (secondary N) is 1. The highest BCUT2D eigenvalue weighted by atomic mass is 16.3. The largest absolute Gasteiger partial charge is 0.394 e. The van der Waals surface area contributed by atoms with Gasteiger partial charge in [-0.2, -0.15) is 0 Å². The summed E-state index contributed by atoms with van der Waals surface area (Å²) in [4.78, 5) is 8.22. The average molecular weight is 181 g/mol. The van der Waals surface area contributed by atoms with E-state index in [1.807, 2.05) is 19.9 Å². The van der Waals surface area contributed by atoms with E-state index in [0.29, 0.717) is 5.95 Å². The predicted molar refractivity (Wildman–Crippen MR) is 51.6 cm³/mol. The maximum absolute atomic E-state index is 8.94. The highest BCUT2D eigenvalue weighted by molar-refractivity contribution is 5.26. The van der Waals surface area contributed by atoms with Crippen molar-refractivity contribution in [2.24, 2.45) is 0 Å². The maximum atomic E-state index is 8.94. The number of rotatable bonds is 4. The molecule has 1 aromatic heterocycles. The zero-order chi connectivity index (χ0) is 9.68. The third kappa shape index (κ3) is 2.99. The van der Waals surface area contributed by atoms with Gasteiger partial charge in [-0.05, 0) is 19.4 Å². The molecule has 0 spiro atoms. The molecule has 0 aliphatic heterocycles. The number of anilines is 1. The quantitative estimate of drug-likeness (QED) is 0.726. The number of hydrogen-bond acceptors (Lipinski definition) is 4. The summed E-state index contributed by atoms with van der Waals surface area (Å²) in [5.74, 6) is 0.584. The van der Waals surface area contributed by atoms with Gasteiger partial charge in [0.1, 0.15) is 0 Å². The molecule has 0 aliphatic rings. The van der Waals surface area contributed by atoms with Crippen LogP contribution in [-0.2, 0) is 0 Å². The van der Waals surface area contributed by atoms with Crippen LogP contribution in [0.3, 0.4) is 0 Å². The number of hydrogen-bond donors (Lipinski definition) is 2. The lowest BCUT2D eigenvalue weighted by Gasteiger charge is -2.13. The summed E-state index contributed by atoms with van der Waals surface area (Å²) in [5.41, 5.74) is 0.922. The van der Waals surface area contributed by atoms with Crippen LogP contribution in [0.5, 0.6) is 0 Å². The molecule has 0 amide bonds. The lowest BCUT2D eigenvalue weighted by molar-refractivity contribution is 0.271. The van der Waals surface area contributed by atoms with Gasteiger partial charge in [0.2, 0.25) is 5.95 Å². The summed E-state index contributed by atoms with van der Waals surface area (Å²) in [6.07, 6.45) is 2.56. The number of nitrogens with zero attached hydrogens (tertiary/aromatic N) is 2. The van der Waals surface area contributed by atoms with E-state index in [2.05, 4.69) is 15.3 Å². The van der Waals surface area contributed by atoms with Crippen LogP contribution in [-0.4, -0.2) is 27.7 Å². The van der Waals surface area contributed by atoms with Gasteiger partial charge in [-0.1, -0.05) is 6.92 Å². The minimum Gasteiger partial charge on any atom is -0.394 e. The number of aryl methyl sites for hydroxylation is 1. The smallest absolute Gasteiger partial charge is 0.223 e. The molecule has 0 bridgehead atoms. The van der Waals surface area contributed by atoms with E-state index in [9.17, 15) is 0 Å². The van der Waals surface area contributed by atoms with Gasteiger partial charge in [0.25, 0.3) is 0 Å². The van der Waals surface area contributed by atoms with Crippen molar-refractivity contribution in [3.05, 3.63) is 18.0 Å². The molecule has 1 aromatic rings. The first-order chi connectivity index (χ1) is 6.26. The monoisotopic (exact) mass is 181 g/mol. The fourth-order valence-corrected chi connectivity index (χ4v) is 0.978. The third-order valence-electron chi connectivity index (χ3n) is 1.84. The normalized spacial score (nSPS) is 12.5. The zero-order valence-corrected chi connectivity index (χ0v) is 7.99. The van der Waals surface area contributed by atoms with Crippen molar-refractivity contribution in [2.75, 3.05) is 11.9 Å². The van der Waals surface area contributed by atoms with Crippen molar-refractivity contribution in [1.29, 1.82) is 0 Å². The molecule has 1 heterocycles. The minimum absolute atomic E-state index is 0.0433. The van der Waals surface area contributed by atoms with Gasteiger partial charge in [-0.15, -0.1) is 0 Å². The van der Waals surface area contributed by atoms with Crippen molar-refractivity contribution >= 4 is 5.95 Å². The first kappa shape index (κ1) is 9.92. The van der Waals surface area contributed by atoms with E-state index in [0.717, 1.165) is 12.1 Å².